The molecule has 5 rings (SSSR count). The van der Waals surface area contributed by atoms with Gasteiger partial charge in [0.1, 0.15) is 5.15 Å². The van der Waals surface area contributed by atoms with Gasteiger partial charge in [0.15, 0.2) is 0 Å². The highest BCUT2D eigenvalue weighted by Gasteiger charge is 2.66. The standard InChI is InChI=1S/C22H25Cl2N3/c1-20(2)6-8-21(9-7-20)22(16-4-3-15(23)12-18(16)27-22)17(13-26-21)14-5-10-25-19(24)11-14/h3-5,10-12,17,26-27H,6-9,13H2,1-2H3. The molecule has 3 heterocycles. The van der Waals surface area contributed by atoms with Gasteiger partial charge in [0.25, 0.3) is 0 Å². The Labute approximate surface area is 170 Å². The maximum absolute atomic E-state index is 6.25. The summed E-state index contributed by atoms with van der Waals surface area (Å²) in [4.78, 5) is 4.19. The third-order valence-corrected chi connectivity index (χ3v) is 7.71. The largest absolute Gasteiger partial charge is 0.373 e. The Balaban J connectivity index is 1.63. The molecule has 1 aromatic heterocycles. The van der Waals surface area contributed by atoms with Gasteiger partial charge in [-0.05, 0) is 60.9 Å². The lowest BCUT2D eigenvalue weighted by atomic mass is 9.55. The molecule has 0 amide bonds. The molecule has 3 aliphatic rings. The van der Waals surface area contributed by atoms with Crippen LogP contribution in [0.4, 0.5) is 5.69 Å². The highest BCUT2D eigenvalue weighted by molar-refractivity contribution is 6.31. The zero-order valence-corrected chi connectivity index (χ0v) is 17.3. The highest BCUT2D eigenvalue weighted by Crippen LogP contribution is 2.63. The number of anilines is 1. The van der Waals surface area contributed by atoms with Crippen LogP contribution in [0.25, 0.3) is 0 Å². The minimum atomic E-state index is -0.117. The lowest BCUT2D eigenvalue weighted by Crippen LogP contribution is -2.65. The normalized spacial score (nSPS) is 30.0. The maximum Gasteiger partial charge on any atom is 0.129 e. The van der Waals surface area contributed by atoms with E-state index in [-0.39, 0.29) is 11.1 Å². The van der Waals surface area contributed by atoms with E-state index in [0.717, 1.165) is 11.6 Å². The molecular weight excluding hydrogens is 377 g/mol. The Kier molecular flexibility index (Phi) is 3.86. The van der Waals surface area contributed by atoms with Crippen molar-refractivity contribution in [3.8, 4) is 0 Å². The molecule has 5 heteroatoms. The van der Waals surface area contributed by atoms with Gasteiger partial charge >= 0.3 is 0 Å². The Bertz CT molecular complexity index is 900. The van der Waals surface area contributed by atoms with Crippen LogP contribution in [0.5, 0.6) is 0 Å². The Hall–Kier alpha value is -1.29. The third-order valence-electron chi connectivity index (χ3n) is 7.27. The van der Waals surface area contributed by atoms with Gasteiger partial charge in [-0.1, -0.05) is 43.1 Å². The molecule has 2 aliphatic heterocycles. The molecule has 2 unspecified atom stereocenters. The molecule has 0 bridgehead atoms. The second kappa shape index (κ2) is 5.85. The van der Waals surface area contributed by atoms with Crippen molar-refractivity contribution < 1.29 is 0 Å². The fourth-order valence-corrected chi connectivity index (χ4v) is 6.04. The van der Waals surface area contributed by atoms with Gasteiger partial charge in [0, 0.05) is 40.5 Å². The van der Waals surface area contributed by atoms with E-state index < -0.39 is 0 Å². The third kappa shape index (κ3) is 2.48. The van der Waals surface area contributed by atoms with Crippen LogP contribution >= 0.6 is 23.2 Å². The molecule has 2 atom stereocenters. The number of halogens is 2. The van der Waals surface area contributed by atoms with Crippen molar-refractivity contribution in [2.45, 2.75) is 56.5 Å². The summed E-state index contributed by atoms with van der Waals surface area (Å²) in [5, 5.41) is 9.19. The quantitative estimate of drug-likeness (QED) is 0.598. The van der Waals surface area contributed by atoms with E-state index in [1.54, 1.807) is 0 Å². The summed E-state index contributed by atoms with van der Waals surface area (Å²) in [5.41, 5.74) is 4.16. The van der Waals surface area contributed by atoms with Gasteiger partial charge in [-0.2, -0.15) is 0 Å². The van der Waals surface area contributed by atoms with Crippen LogP contribution in [0.1, 0.15) is 56.6 Å². The van der Waals surface area contributed by atoms with Crippen molar-refractivity contribution in [3.63, 3.8) is 0 Å². The molecule has 2 N–H and O–H groups in total. The SMILES string of the molecule is CC1(C)CCC2(CC1)NCC(c1ccnc(Cl)c1)C21Nc2cc(Cl)ccc21. The molecule has 2 fully saturated rings. The zero-order valence-electron chi connectivity index (χ0n) is 15.8. The summed E-state index contributed by atoms with van der Waals surface area (Å²) < 4.78 is 0. The Morgan fingerprint density at radius 1 is 1.04 bits per heavy atom. The second-order valence-corrected chi connectivity index (χ2v) is 10.0. The lowest BCUT2D eigenvalue weighted by molar-refractivity contribution is 0.0956. The summed E-state index contributed by atoms with van der Waals surface area (Å²) in [6.45, 7) is 5.73. The summed E-state index contributed by atoms with van der Waals surface area (Å²) in [6.07, 6.45) is 6.63. The van der Waals surface area contributed by atoms with E-state index in [9.17, 15) is 0 Å². The molecule has 1 saturated carbocycles. The van der Waals surface area contributed by atoms with Crippen molar-refractivity contribution in [3.05, 3.63) is 57.8 Å². The minimum absolute atomic E-state index is 0.0593. The first-order valence-electron chi connectivity index (χ1n) is 9.80. The smallest absolute Gasteiger partial charge is 0.129 e. The van der Waals surface area contributed by atoms with Gasteiger partial charge in [-0.25, -0.2) is 4.98 Å². The van der Waals surface area contributed by atoms with Crippen LogP contribution in [0, 0.1) is 5.41 Å². The molecule has 2 spiro atoms. The van der Waals surface area contributed by atoms with Gasteiger partial charge in [-0.15, -0.1) is 0 Å². The molecule has 2 aromatic rings. The van der Waals surface area contributed by atoms with Crippen molar-refractivity contribution in [2.75, 3.05) is 11.9 Å². The van der Waals surface area contributed by atoms with Gasteiger partial charge in [-0.3, -0.25) is 0 Å². The first-order valence-corrected chi connectivity index (χ1v) is 10.6. The number of fused-ring (bicyclic) bond motifs is 3. The average molecular weight is 402 g/mol. The minimum Gasteiger partial charge on any atom is -0.373 e. The molecule has 142 valence electrons. The predicted octanol–water partition coefficient (Wildman–Crippen LogP) is 5.74. The summed E-state index contributed by atoms with van der Waals surface area (Å²) in [7, 11) is 0. The summed E-state index contributed by atoms with van der Waals surface area (Å²) in [6, 6.07) is 10.4. The van der Waals surface area contributed by atoms with Crippen LogP contribution in [0.15, 0.2) is 36.5 Å². The molecule has 0 radical (unpaired) electrons. The molecule has 1 aromatic carbocycles. The van der Waals surface area contributed by atoms with E-state index in [4.69, 9.17) is 23.2 Å². The van der Waals surface area contributed by atoms with Crippen molar-refractivity contribution >= 4 is 28.9 Å². The zero-order chi connectivity index (χ0) is 18.9. The lowest BCUT2D eigenvalue weighted by Gasteiger charge is -2.59. The number of pyridine rings is 1. The molecular formula is C22H25Cl2N3. The molecule has 27 heavy (non-hydrogen) atoms. The van der Waals surface area contributed by atoms with Crippen molar-refractivity contribution in [1.29, 1.82) is 0 Å². The number of aromatic nitrogens is 1. The highest BCUT2D eigenvalue weighted by atomic mass is 35.5. The monoisotopic (exact) mass is 401 g/mol. The van der Waals surface area contributed by atoms with E-state index in [1.807, 2.05) is 18.3 Å². The number of nitrogens with one attached hydrogen (secondary N) is 2. The number of hydrogen-bond acceptors (Lipinski definition) is 3. The van der Waals surface area contributed by atoms with Crippen molar-refractivity contribution in [1.82, 2.24) is 10.3 Å². The van der Waals surface area contributed by atoms with E-state index in [0.29, 0.717) is 16.5 Å². The van der Waals surface area contributed by atoms with Gasteiger partial charge in [0.2, 0.25) is 0 Å². The van der Waals surface area contributed by atoms with Crippen LogP contribution < -0.4 is 10.6 Å². The number of nitrogens with zero attached hydrogens (tertiary/aromatic N) is 1. The molecule has 3 nitrogen and oxygen atoms in total. The number of benzene rings is 1. The maximum atomic E-state index is 6.25. The van der Waals surface area contributed by atoms with Crippen molar-refractivity contribution in [2.24, 2.45) is 5.41 Å². The van der Waals surface area contributed by atoms with Crippen LogP contribution in [-0.4, -0.2) is 17.1 Å². The van der Waals surface area contributed by atoms with Gasteiger partial charge < -0.3 is 10.6 Å². The Morgan fingerprint density at radius 2 is 1.81 bits per heavy atom. The molecule has 1 saturated heterocycles. The van der Waals surface area contributed by atoms with E-state index in [2.05, 4.69) is 47.7 Å². The Morgan fingerprint density at radius 3 is 2.52 bits per heavy atom. The molecule has 1 aliphatic carbocycles. The van der Waals surface area contributed by atoms with Crippen LogP contribution in [0.3, 0.4) is 0 Å². The summed E-state index contributed by atoms with van der Waals surface area (Å²) >= 11 is 12.5. The van der Waals surface area contributed by atoms with Gasteiger partial charge in [0.05, 0.1) is 5.54 Å². The number of rotatable bonds is 1. The van der Waals surface area contributed by atoms with E-state index >= 15 is 0 Å². The fourth-order valence-electron chi connectivity index (χ4n) is 5.68. The first kappa shape index (κ1) is 17.8. The number of hydrogen-bond donors (Lipinski definition) is 2. The van der Waals surface area contributed by atoms with E-state index in [1.165, 1.54) is 42.5 Å². The van der Waals surface area contributed by atoms with Crippen LogP contribution in [0.2, 0.25) is 10.2 Å². The first-order chi connectivity index (χ1) is 12.9. The topological polar surface area (TPSA) is 37.0 Å². The average Bonchev–Trinajstić information content (AvgIpc) is 2.94. The second-order valence-electron chi connectivity index (χ2n) is 9.21. The predicted molar refractivity (Wildman–Crippen MR) is 112 cm³/mol. The summed E-state index contributed by atoms with van der Waals surface area (Å²) in [5.74, 6) is 0.313. The fraction of sp³-hybridized carbons (Fsp3) is 0.500. The van der Waals surface area contributed by atoms with Crippen LogP contribution in [-0.2, 0) is 5.54 Å².